The Morgan fingerprint density at radius 1 is 1.33 bits per heavy atom. The molecular weight excluding hydrogens is 232 g/mol. The van der Waals surface area contributed by atoms with Gasteiger partial charge in [-0.2, -0.15) is 0 Å². The van der Waals surface area contributed by atoms with Crippen LogP contribution >= 0.6 is 0 Å². The summed E-state index contributed by atoms with van der Waals surface area (Å²) in [5, 5.41) is 10.1. The molecule has 1 N–H and O–H groups in total. The first-order valence-corrected chi connectivity index (χ1v) is 5.52. The fourth-order valence-corrected chi connectivity index (χ4v) is 1.55. The van der Waals surface area contributed by atoms with E-state index in [1.807, 2.05) is 30.3 Å². The van der Waals surface area contributed by atoms with Gasteiger partial charge in [-0.25, -0.2) is 4.79 Å². The summed E-state index contributed by atoms with van der Waals surface area (Å²) >= 11 is 0. The molecule has 0 saturated carbocycles. The van der Waals surface area contributed by atoms with E-state index in [4.69, 9.17) is 0 Å². The number of methoxy groups -OCH3 is 1. The van der Waals surface area contributed by atoms with Crippen LogP contribution in [0.3, 0.4) is 0 Å². The molecule has 1 aromatic carbocycles. The van der Waals surface area contributed by atoms with Crippen molar-refractivity contribution in [3.63, 3.8) is 0 Å². The second kappa shape index (κ2) is 6.12. The number of Topliss-reactive ketones (excluding diaryl/α,β-unsaturated/α-hetero) is 1. The van der Waals surface area contributed by atoms with Gasteiger partial charge in [-0.15, -0.1) is 0 Å². The molecule has 18 heavy (non-hydrogen) atoms. The van der Waals surface area contributed by atoms with Gasteiger partial charge in [0.1, 0.15) is 5.78 Å². The molecule has 0 saturated heterocycles. The molecule has 0 aliphatic carbocycles. The van der Waals surface area contributed by atoms with E-state index < -0.39 is 11.6 Å². The quantitative estimate of drug-likeness (QED) is 0.804. The highest BCUT2D eigenvalue weighted by atomic mass is 16.5. The second-order valence-corrected chi connectivity index (χ2v) is 4.04. The number of ether oxygens (including phenoxy) is 1. The lowest BCUT2D eigenvalue weighted by Gasteiger charge is -2.19. The second-order valence-electron chi connectivity index (χ2n) is 4.04. The molecule has 0 amide bonds. The number of carbonyl (C=O) groups is 2. The van der Waals surface area contributed by atoms with Crippen LogP contribution in [0.4, 0.5) is 0 Å². The van der Waals surface area contributed by atoms with Crippen molar-refractivity contribution in [1.29, 1.82) is 0 Å². The highest BCUT2D eigenvalue weighted by Crippen LogP contribution is 2.17. The Hall–Kier alpha value is -1.94. The Morgan fingerprint density at radius 3 is 2.44 bits per heavy atom. The summed E-state index contributed by atoms with van der Waals surface area (Å²) < 4.78 is 4.51. The molecule has 0 spiro atoms. The Morgan fingerprint density at radius 2 is 1.94 bits per heavy atom. The summed E-state index contributed by atoms with van der Waals surface area (Å²) in [4.78, 5) is 22.6. The summed E-state index contributed by atoms with van der Waals surface area (Å²) in [5.74, 6) is -1.13. The number of aliphatic hydroxyl groups is 1. The van der Waals surface area contributed by atoms with Crippen molar-refractivity contribution in [1.82, 2.24) is 0 Å². The van der Waals surface area contributed by atoms with Crippen molar-refractivity contribution < 1.29 is 19.4 Å². The number of rotatable bonds is 5. The molecule has 0 aliphatic heterocycles. The fourth-order valence-electron chi connectivity index (χ4n) is 1.55. The van der Waals surface area contributed by atoms with Gasteiger partial charge < -0.3 is 9.84 Å². The van der Waals surface area contributed by atoms with Gasteiger partial charge in [-0.1, -0.05) is 36.4 Å². The van der Waals surface area contributed by atoms with Gasteiger partial charge in [0.2, 0.25) is 0 Å². The predicted molar refractivity (Wildman–Crippen MR) is 67.7 cm³/mol. The number of hydrogen-bond acceptors (Lipinski definition) is 4. The van der Waals surface area contributed by atoms with Crippen molar-refractivity contribution >= 4 is 17.8 Å². The minimum absolute atomic E-state index is 0.291. The maximum absolute atomic E-state index is 11.5. The van der Waals surface area contributed by atoms with Gasteiger partial charge in [-0.05, 0) is 18.6 Å². The summed E-state index contributed by atoms with van der Waals surface area (Å²) in [7, 11) is 1.17. The van der Waals surface area contributed by atoms with Crippen LogP contribution in [0.25, 0.3) is 6.08 Å². The largest absolute Gasteiger partial charge is 0.467 e. The molecule has 0 heterocycles. The highest BCUT2D eigenvalue weighted by molar-refractivity contribution is 5.90. The van der Waals surface area contributed by atoms with Crippen LogP contribution in [0.1, 0.15) is 18.9 Å². The van der Waals surface area contributed by atoms with E-state index in [1.165, 1.54) is 20.1 Å². The standard InChI is InChI=1S/C14H16O4/c1-11(15)10-14(17,13(16)18-2)9-8-12-6-4-3-5-7-12/h3-9,17H,10H2,1-2H3/b9-8+/t14-/m0/s1. The van der Waals surface area contributed by atoms with Gasteiger partial charge in [0.25, 0.3) is 0 Å². The zero-order valence-electron chi connectivity index (χ0n) is 10.4. The molecule has 0 aliphatic rings. The van der Waals surface area contributed by atoms with Gasteiger partial charge in [0.15, 0.2) is 5.60 Å². The molecule has 1 atom stereocenters. The molecule has 4 heteroatoms. The van der Waals surface area contributed by atoms with Crippen molar-refractivity contribution in [3.05, 3.63) is 42.0 Å². The van der Waals surface area contributed by atoms with Gasteiger partial charge in [0.05, 0.1) is 7.11 Å². The van der Waals surface area contributed by atoms with E-state index >= 15 is 0 Å². The van der Waals surface area contributed by atoms with Crippen LogP contribution in [0, 0.1) is 0 Å². The van der Waals surface area contributed by atoms with Crippen LogP contribution < -0.4 is 0 Å². The fraction of sp³-hybridized carbons (Fsp3) is 0.286. The number of carbonyl (C=O) groups excluding carboxylic acids is 2. The number of ketones is 1. The molecule has 0 fully saturated rings. The minimum Gasteiger partial charge on any atom is -0.467 e. The van der Waals surface area contributed by atoms with E-state index in [0.717, 1.165) is 5.56 Å². The third-order valence-electron chi connectivity index (χ3n) is 2.41. The summed E-state index contributed by atoms with van der Waals surface area (Å²) in [6.45, 7) is 1.31. The molecule has 0 bridgehead atoms. The van der Waals surface area contributed by atoms with Crippen LogP contribution in [0.15, 0.2) is 36.4 Å². The molecule has 4 nitrogen and oxygen atoms in total. The van der Waals surface area contributed by atoms with E-state index in [0.29, 0.717) is 0 Å². The lowest BCUT2D eigenvalue weighted by Crippen LogP contribution is -2.39. The zero-order chi connectivity index (χ0) is 13.6. The third-order valence-corrected chi connectivity index (χ3v) is 2.41. The summed E-state index contributed by atoms with van der Waals surface area (Å²) in [5.41, 5.74) is -1.08. The average Bonchev–Trinajstić information content (AvgIpc) is 2.36. The van der Waals surface area contributed by atoms with Crippen molar-refractivity contribution in [3.8, 4) is 0 Å². The van der Waals surface area contributed by atoms with Crippen LogP contribution in [0.2, 0.25) is 0 Å². The Labute approximate surface area is 106 Å². The first kappa shape index (κ1) is 14.1. The predicted octanol–water partition coefficient (Wildman–Crippen LogP) is 1.58. The van der Waals surface area contributed by atoms with Crippen LogP contribution in [0.5, 0.6) is 0 Å². The monoisotopic (exact) mass is 248 g/mol. The Balaban J connectivity index is 2.95. The Kier molecular flexibility index (Phi) is 4.80. The maximum atomic E-state index is 11.5. The van der Waals surface area contributed by atoms with Crippen LogP contribution in [-0.4, -0.2) is 29.6 Å². The molecule has 0 unspecified atom stereocenters. The molecule has 1 aromatic rings. The molecule has 96 valence electrons. The third kappa shape index (κ3) is 3.82. The Bertz CT molecular complexity index is 450. The normalized spacial score (nSPS) is 14.2. The molecular formula is C14H16O4. The molecule has 0 aromatic heterocycles. The average molecular weight is 248 g/mol. The zero-order valence-corrected chi connectivity index (χ0v) is 10.4. The maximum Gasteiger partial charge on any atom is 0.342 e. The number of benzene rings is 1. The topological polar surface area (TPSA) is 63.6 Å². The lowest BCUT2D eigenvalue weighted by atomic mass is 9.96. The summed E-state index contributed by atoms with van der Waals surface area (Å²) in [6.07, 6.45) is 2.57. The SMILES string of the molecule is COC(=O)[C@](O)(/C=C/c1ccccc1)CC(C)=O. The van der Waals surface area contributed by atoms with Crippen molar-refractivity contribution in [2.24, 2.45) is 0 Å². The van der Waals surface area contributed by atoms with Gasteiger partial charge in [-0.3, -0.25) is 4.79 Å². The lowest BCUT2D eigenvalue weighted by molar-refractivity contribution is -0.159. The van der Waals surface area contributed by atoms with Crippen molar-refractivity contribution in [2.45, 2.75) is 18.9 Å². The molecule has 1 rings (SSSR count). The first-order chi connectivity index (χ1) is 8.48. The minimum atomic E-state index is -1.91. The molecule has 0 radical (unpaired) electrons. The smallest absolute Gasteiger partial charge is 0.342 e. The van der Waals surface area contributed by atoms with E-state index in [-0.39, 0.29) is 12.2 Å². The highest BCUT2D eigenvalue weighted by Gasteiger charge is 2.35. The first-order valence-electron chi connectivity index (χ1n) is 5.52. The van der Waals surface area contributed by atoms with Crippen molar-refractivity contribution in [2.75, 3.05) is 7.11 Å². The number of esters is 1. The van der Waals surface area contributed by atoms with E-state index in [1.54, 1.807) is 6.08 Å². The van der Waals surface area contributed by atoms with Gasteiger partial charge >= 0.3 is 5.97 Å². The van der Waals surface area contributed by atoms with E-state index in [2.05, 4.69) is 4.74 Å². The van der Waals surface area contributed by atoms with Gasteiger partial charge in [0, 0.05) is 6.42 Å². The van der Waals surface area contributed by atoms with E-state index in [9.17, 15) is 14.7 Å². The number of hydrogen-bond donors (Lipinski definition) is 1. The van der Waals surface area contributed by atoms with Crippen LogP contribution in [-0.2, 0) is 14.3 Å². The summed E-state index contributed by atoms with van der Waals surface area (Å²) in [6, 6.07) is 9.17.